The second-order valence-corrected chi connectivity index (χ2v) is 5.90. The maximum Gasteiger partial charge on any atom is 0.172 e. The fraction of sp³-hybridized carbons (Fsp3) is 0.263. The van der Waals surface area contributed by atoms with Crippen molar-refractivity contribution in [1.29, 1.82) is 0 Å². The topological polar surface area (TPSA) is 67.5 Å². The van der Waals surface area contributed by atoms with E-state index in [0.717, 1.165) is 5.56 Å². The van der Waals surface area contributed by atoms with Crippen LogP contribution in [0.15, 0.2) is 46.4 Å². The number of furan rings is 1. The number of rotatable bonds is 4. The van der Waals surface area contributed by atoms with E-state index in [1.165, 1.54) is 12.1 Å². The SMILES string of the molecule is O=CC1CCCC(=C(O)c2ccc(Cc3ccc(F)cc3)o2)C1=O. The highest BCUT2D eigenvalue weighted by molar-refractivity contribution is 6.09. The Hall–Kier alpha value is -2.69. The number of aldehydes is 1. The van der Waals surface area contributed by atoms with Crippen LogP contribution in [-0.2, 0) is 16.0 Å². The number of halogens is 1. The molecule has 1 saturated carbocycles. The van der Waals surface area contributed by atoms with E-state index in [1.54, 1.807) is 24.3 Å². The molecule has 1 aliphatic carbocycles. The van der Waals surface area contributed by atoms with Gasteiger partial charge in [0.15, 0.2) is 17.3 Å². The Morgan fingerprint density at radius 1 is 1.25 bits per heavy atom. The summed E-state index contributed by atoms with van der Waals surface area (Å²) in [5, 5.41) is 10.3. The number of Topliss-reactive ketones (excluding diaryl/α,β-unsaturated/α-hetero) is 1. The Balaban J connectivity index is 1.81. The summed E-state index contributed by atoms with van der Waals surface area (Å²) in [5.74, 6) is -0.700. The number of carbonyl (C=O) groups excluding carboxylic acids is 2. The van der Waals surface area contributed by atoms with Gasteiger partial charge in [-0.05, 0) is 49.1 Å². The summed E-state index contributed by atoms with van der Waals surface area (Å²) in [6.07, 6.45) is 2.72. The monoisotopic (exact) mass is 328 g/mol. The van der Waals surface area contributed by atoms with Crippen LogP contribution in [0.3, 0.4) is 0 Å². The van der Waals surface area contributed by atoms with Gasteiger partial charge < -0.3 is 14.3 Å². The zero-order valence-corrected chi connectivity index (χ0v) is 13.0. The molecule has 24 heavy (non-hydrogen) atoms. The first kappa shape index (κ1) is 16.2. The third kappa shape index (κ3) is 3.30. The number of aliphatic hydroxyl groups excluding tert-OH is 1. The summed E-state index contributed by atoms with van der Waals surface area (Å²) >= 11 is 0. The van der Waals surface area contributed by atoms with E-state index in [9.17, 15) is 19.1 Å². The molecule has 4 nitrogen and oxygen atoms in total. The molecule has 5 heteroatoms. The lowest BCUT2D eigenvalue weighted by molar-refractivity contribution is -0.125. The first-order chi connectivity index (χ1) is 11.6. The number of hydrogen-bond acceptors (Lipinski definition) is 4. The smallest absolute Gasteiger partial charge is 0.172 e. The molecular weight excluding hydrogens is 311 g/mol. The molecule has 0 saturated heterocycles. The molecule has 1 unspecified atom stereocenters. The van der Waals surface area contributed by atoms with E-state index in [4.69, 9.17) is 4.42 Å². The molecule has 1 aromatic heterocycles. The summed E-state index contributed by atoms with van der Waals surface area (Å²) in [4.78, 5) is 23.1. The molecule has 124 valence electrons. The zero-order chi connectivity index (χ0) is 17.1. The van der Waals surface area contributed by atoms with Gasteiger partial charge in [0, 0.05) is 12.0 Å². The van der Waals surface area contributed by atoms with Crippen LogP contribution in [0, 0.1) is 11.7 Å². The number of carbonyl (C=O) groups is 2. The Bertz CT molecular complexity index is 786. The van der Waals surface area contributed by atoms with Gasteiger partial charge in [0.2, 0.25) is 0 Å². The van der Waals surface area contributed by atoms with Crippen LogP contribution < -0.4 is 0 Å². The first-order valence-corrected chi connectivity index (χ1v) is 7.83. The average Bonchev–Trinajstić information content (AvgIpc) is 3.05. The molecule has 0 radical (unpaired) electrons. The Labute approximate surface area is 138 Å². The van der Waals surface area contributed by atoms with Gasteiger partial charge >= 0.3 is 0 Å². The Kier molecular flexibility index (Phi) is 4.60. The lowest BCUT2D eigenvalue weighted by atomic mass is 9.84. The van der Waals surface area contributed by atoms with Crippen molar-refractivity contribution < 1.29 is 23.5 Å². The van der Waals surface area contributed by atoms with Crippen molar-refractivity contribution in [3.63, 3.8) is 0 Å². The maximum absolute atomic E-state index is 12.9. The Morgan fingerprint density at radius 3 is 2.71 bits per heavy atom. The van der Waals surface area contributed by atoms with Crippen molar-refractivity contribution in [3.8, 4) is 0 Å². The van der Waals surface area contributed by atoms with E-state index in [-0.39, 0.29) is 28.7 Å². The molecule has 0 aliphatic heterocycles. The van der Waals surface area contributed by atoms with Crippen LogP contribution in [0.5, 0.6) is 0 Å². The lowest BCUT2D eigenvalue weighted by Gasteiger charge is -2.18. The minimum Gasteiger partial charge on any atom is -0.504 e. The first-order valence-electron chi connectivity index (χ1n) is 7.83. The third-order valence-corrected chi connectivity index (χ3v) is 4.21. The van der Waals surface area contributed by atoms with Crippen molar-refractivity contribution in [2.45, 2.75) is 25.7 Å². The van der Waals surface area contributed by atoms with Crippen LogP contribution in [0.25, 0.3) is 5.76 Å². The molecule has 1 atom stereocenters. The molecule has 1 heterocycles. The molecule has 0 amide bonds. The quantitative estimate of drug-likeness (QED) is 0.401. The fourth-order valence-corrected chi connectivity index (χ4v) is 2.89. The highest BCUT2D eigenvalue weighted by Crippen LogP contribution is 2.30. The molecule has 1 aromatic carbocycles. The van der Waals surface area contributed by atoms with Crippen molar-refractivity contribution in [2.75, 3.05) is 0 Å². The largest absolute Gasteiger partial charge is 0.504 e. The van der Waals surface area contributed by atoms with Gasteiger partial charge in [-0.1, -0.05) is 12.1 Å². The van der Waals surface area contributed by atoms with Gasteiger partial charge in [-0.2, -0.15) is 0 Å². The van der Waals surface area contributed by atoms with Gasteiger partial charge in [0.1, 0.15) is 17.9 Å². The predicted octanol–water partition coefficient (Wildman–Crippen LogP) is 3.85. The molecule has 1 aliphatic rings. The minimum atomic E-state index is -0.676. The highest BCUT2D eigenvalue weighted by Gasteiger charge is 2.29. The third-order valence-electron chi connectivity index (χ3n) is 4.21. The molecule has 1 N–H and O–H groups in total. The van der Waals surface area contributed by atoms with Crippen molar-refractivity contribution >= 4 is 17.8 Å². The Morgan fingerprint density at radius 2 is 2.00 bits per heavy atom. The van der Waals surface area contributed by atoms with E-state index >= 15 is 0 Å². The van der Waals surface area contributed by atoms with Crippen LogP contribution in [0.1, 0.15) is 36.3 Å². The molecule has 0 spiro atoms. The van der Waals surface area contributed by atoms with Crippen LogP contribution in [0.4, 0.5) is 4.39 Å². The standard InChI is InChI=1S/C19H17FO4/c20-14-6-4-12(5-7-14)10-15-8-9-17(24-15)19(23)16-3-1-2-13(11-21)18(16)22/h4-9,11,13,23H,1-3,10H2. The normalized spacial score (nSPS) is 20.0. The van der Waals surface area contributed by atoms with Crippen LogP contribution in [0.2, 0.25) is 0 Å². The van der Waals surface area contributed by atoms with Crippen LogP contribution in [-0.4, -0.2) is 17.2 Å². The molecule has 1 fully saturated rings. The van der Waals surface area contributed by atoms with Gasteiger partial charge in [-0.15, -0.1) is 0 Å². The van der Waals surface area contributed by atoms with E-state index in [1.807, 2.05) is 0 Å². The molecule has 3 rings (SSSR count). The number of allylic oxidation sites excluding steroid dienone is 1. The molecule has 0 bridgehead atoms. The van der Waals surface area contributed by atoms with Gasteiger partial charge in [0.25, 0.3) is 0 Å². The van der Waals surface area contributed by atoms with Crippen molar-refractivity contribution in [2.24, 2.45) is 5.92 Å². The summed E-state index contributed by atoms with van der Waals surface area (Å²) in [7, 11) is 0. The molecule has 2 aromatic rings. The summed E-state index contributed by atoms with van der Waals surface area (Å²) < 4.78 is 18.5. The van der Waals surface area contributed by atoms with E-state index in [0.29, 0.717) is 37.7 Å². The second-order valence-electron chi connectivity index (χ2n) is 5.90. The van der Waals surface area contributed by atoms with Crippen molar-refractivity contribution in [3.05, 3.63) is 64.9 Å². The van der Waals surface area contributed by atoms with Gasteiger partial charge in [-0.25, -0.2) is 4.39 Å². The predicted molar refractivity (Wildman–Crippen MR) is 85.9 cm³/mol. The average molecular weight is 328 g/mol. The summed E-state index contributed by atoms with van der Waals surface area (Å²) in [5.41, 5.74) is 1.13. The van der Waals surface area contributed by atoms with E-state index < -0.39 is 5.92 Å². The van der Waals surface area contributed by atoms with E-state index in [2.05, 4.69) is 0 Å². The van der Waals surface area contributed by atoms with Crippen molar-refractivity contribution in [1.82, 2.24) is 0 Å². The maximum atomic E-state index is 12.9. The number of benzene rings is 1. The van der Waals surface area contributed by atoms with Crippen LogP contribution >= 0.6 is 0 Å². The number of aliphatic hydroxyl groups is 1. The minimum absolute atomic E-state index is 0.197. The lowest BCUT2D eigenvalue weighted by Crippen LogP contribution is -2.23. The summed E-state index contributed by atoms with van der Waals surface area (Å²) in [6, 6.07) is 9.38. The number of ketones is 1. The summed E-state index contributed by atoms with van der Waals surface area (Å²) in [6.45, 7) is 0. The fourth-order valence-electron chi connectivity index (χ4n) is 2.89. The molecular formula is C19H17FO4. The van der Waals surface area contributed by atoms with Gasteiger partial charge in [0.05, 0.1) is 5.92 Å². The zero-order valence-electron chi connectivity index (χ0n) is 13.0. The van der Waals surface area contributed by atoms with Gasteiger partial charge in [-0.3, -0.25) is 4.79 Å². The second kappa shape index (κ2) is 6.83. The number of hydrogen-bond donors (Lipinski definition) is 1. The highest BCUT2D eigenvalue weighted by atomic mass is 19.1.